The fraction of sp³-hybridized carbons (Fsp3) is 0.933. The van der Waals surface area contributed by atoms with Crippen LogP contribution in [0, 0.1) is 0 Å². The molecule has 2 heterocycles. The van der Waals surface area contributed by atoms with Crippen LogP contribution in [-0.4, -0.2) is 142 Å². The van der Waals surface area contributed by atoms with Crippen molar-refractivity contribution in [2.75, 3.05) is 33.0 Å². The average Bonchev–Trinajstić information content (AvgIpc) is 3.23. The predicted octanol–water partition coefficient (Wildman–Crippen LogP) is 5.51. The summed E-state index contributed by atoms with van der Waals surface area (Å²) in [6, 6.07) is 0. The van der Waals surface area contributed by atoms with Gasteiger partial charge in [-0.05, 0) is 38.5 Å². The fourth-order valence-electron chi connectivity index (χ4n) is 7.40. The van der Waals surface area contributed by atoms with Gasteiger partial charge in [-0.3, -0.25) is 4.79 Å². The van der Waals surface area contributed by atoms with E-state index in [1.165, 1.54) is 96.3 Å². The molecule has 0 aromatic carbocycles. The highest BCUT2D eigenvalue weighted by molar-refractivity contribution is 5.69. The van der Waals surface area contributed by atoms with Crippen molar-refractivity contribution in [3.05, 3.63) is 12.2 Å². The van der Waals surface area contributed by atoms with Crippen molar-refractivity contribution in [3.63, 3.8) is 0 Å². The van der Waals surface area contributed by atoms with Crippen molar-refractivity contribution < 1.29 is 69.0 Å². The van der Waals surface area contributed by atoms with Gasteiger partial charge in [0.05, 0.1) is 26.4 Å². The van der Waals surface area contributed by atoms with Gasteiger partial charge in [0.2, 0.25) is 0 Å². The summed E-state index contributed by atoms with van der Waals surface area (Å²) in [7, 11) is 0. The van der Waals surface area contributed by atoms with Gasteiger partial charge in [-0.25, -0.2) is 0 Å². The average molecular weight is 849 g/mol. The van der Waals surface area contributed by atoms with Crippen molar-refractivity contribution in [2.45, 2.75) is 235 Å². The molecule has 0 aromatic heterocycles. The lowest BCUT2D eigenvalue weighted by molar-refractivity contribution is -0.332. The molecule has 0 amide bonds. The summed E-state index contributed by atoms with van der Waals surface area (Å²) in [6.45, 7) is 3.65. The second kappa shape index (κ2) is 34.2. The number of unbranched alkanes of at least 4 members (excludes halogenated alkanes) is 20. The van der Waals surface area contributed by atoms with E-state index in [2.05, 4.69) is 26.0 Å². The number of ether oxygens (including phenoxy) is 6. The van der Waals surface area contributed by atoms with Gasteiger partial charge in [0.15, 0.2) is 12.6 Å². The van der Waals surface area contributed by atoms with Gasteiger partial charge >= 0.3 is 5.97 Å². The van der Waals surface area contributed by atoms with Crippen LogP contribution in [0.5, 0.6) is 0 Å². The van der Waals surface area contributed by atoms with Crippen LogP contribution >= 0.6 is 0 Å². The van der Waals surface area contributed by atoms with Crippen LogP contribution in [0.15, 0.2) is 12.2 Å². The molecule has 0 saturated carbocycles. The number of carbonyl (C=O) groups excluding carboxylic acids is 1. The van der Waals surface area contributed by atoms with E-state index in [9.17, 15) is 40.5 Å². The Bertz CT molecular complexity index is 1030. The van der Waals surface area contributed by atoms with Crippen LogP contribution in [0.25, 0.3) is 0 Å². The van der Waals surface area contributed by atoms with Crippen LogP contribution < -0.4 is 0 Å². The zero-order chi connectivity index (χ0) is 43.1. The number of esters is 1. The maximum Gasteiger partial charge on any atom is 0.306 e. The van der Waals surface area contributed by atoms with Crippen molar-refractivity contribution >= 4 is 5.97 Å². The largest absolute Gasteiger partial charge is 0.457 e. The molecular weight excluding hydrogens is 764 g/mol. The first-order valence-electron chi connectivity index (χ1n) is 23.3. The molecule has 2 aliphatic rings. The first-order valence-corrected chi connectivity index (χ1v) is 23.3. The van der Waals surface area contributed by atoms with Crippen molar-refractivity contribution in [3.8, 4) is 0 Å². The third-order valence-electron chi connectivity index (χ3n) is 11.3. The Hall–Kier alpha value is -1.27. The van der Waals surface area contributed by atoms with E-state index in [-0.39, 0.29) is 25.6 Å². The lowest BCUT2D eigenvalue weighted by Crippen LogP contribution is -2.61. The Morgan fingerprint density at radius 2 is 1.00 bits per heavy atom. The lowest BCUT2D eigenvalue weighted by atomic mass is 9.98. The second-order valence-corrected chi connectivity index (χ2v) is 16.6. The highest BCUT2D eigenvalue weighted by Crippen LogP contribution is 2.26. The van der Waals surface area contributed by atoms with E-state index >= 15 is 0 Å². The van der Waals surface area contributed by atoms with E-state index in [1.54, 1.807) is 0 Å². The predicted molar refractivity (Wildman–Crippen MR) is 224 cm³/mol. The number of aliphatic hydroxyl groups excluding tert-OH is 7. The molecule has 2 saturated heterocycles. The zero-order valence-corrected chi connectivity index (χ0v) is 36.5. The third kappa shape index (κ3) is 23.1. The topological polar surface area (TPSA) is 214 Å². The summed E-state index contributed by atoms with van der Waals surface area (Å²) in [5.74, 6) is -0.379. The molecule has 2 rings (SSSR count). The summed E-state index contributed by atoms with van der Waals surface area (Å²) in [5, 5.41) is 71.9. The second-order valence-electron chi connectivity index (χ2n) is 16.6. The van der Waals surface area contributed by atoms with Gasteiger partial charge in [0, 0.05) is 13.0 Å². The van der Waals surface area contributed by atoms with E-state index in [4.69, 9.17) is 28.4 Å². The summed E-state index contributed by atoms with van der Waals surface area (Å²) in [4.78, 5) is 12.9. The number of hydrogen-bond acceptors (Lipinski definition) is 14. The first kappa shape index (κ1) is 53.9. The first-order chi connectivity index (χ1) is 28.6. The van der Waals surface area contributed by atoms with Crippen molar-refractivity contribution in [1.82, 2.24) is 0 Å². The Morgan fingerprint density at radius 1 is 0.542 bits per heavy atom. The molecule has 14 nitrogen and oxygen atoms in total. The van der Waals surface area contributed by atoms with Crippen molar-refractivity contribution in [1.29, 1.82) is 0 Å². The van der Waals surface area contributed by atoms with Crippen LogP contribution in [0.4, 0.5) is 0 Å². The monoisotopic (exact) mass is 849 g/mol. The SMILES string of the molecule is CCCCCC/C=C\CCCCCCCCOCC(COC1OC(COC2OC(CO)C(O)C(O)C2O)C(O)C(O)C1O)OC(=O)CCCCCCCCCCCCC. The molecular formula is C45H84O14. The van der Waals surface area contributed by atoms with Gasteiger partial charge in [-0.15, -0.1) is 0 Å². The summed E-state index contributed by atoms with van der Waals surface area (Å²) in [6.07, 6.45) is 15.7. The highest BCUT2D eigenvalue weighted by atomic mass is 16.7. The minimum absolute atomic E-state index is 0.0619. The maximum atomic E-state index is 12.9. The summed E-state index contributed by atoms with van der Waals surface area (Å²) < 4.78 is 34.1. The zero-order valence-electron chi connectivity index (χ0n) is 36.5. The van der Waals surface area contributed by atoms with Crippen LogP contribution in [-0.2, 0) is 33.2 Å². The van der Waals surface area contributed by atoms with Gasteiger partial charge < -0.3 is 64.2 Å². The molecule has 11 unspecified atom stereocenters. The normalized spacial score (nSPS) is 28.0. The molecule has 0 aromatic rings. The third-order valence-corrected chi connectivity index (χ3v) is 11.3. The van der Waals surface area contributed by atoms with Gasteiger partial charge in [-0.1, -0.05) is 135 Å². The maximum absolute atomic E-state index is 12.9. The Kier molecular flexibility index (Phi) is 31.3. The molecule has 0 aliphatic carbocycles. The number of hydrogen-bond donors (Lipinski definition) is 7. The quantitative estimate of drug-likeness (QED) is 0.0235. The van der Waals surface area contributed by atoms with Gasteiger partial charge in [0.25, 0.3) is 0 Å². The molecule has 2 fully saturated rings. The molecule has 0 bridgehead atoms. The molecule has 0 spiro atoms. The van der Waals surface area contributed by atoms with Crippen molar-refractivity contribution in [2.24, 2.45) is 0 Å². The molecule has 2 aliphatic heterocycles. The van der Waals surface area contributed by atoms with Crippen LogP contribution in [0.3, 0.4) is 0 Å². The number of allylic oxidation sites excluding steroid dienone is 2. The lowest BCUT2D eigenvalue weighted by Gasteiger charge is -2.42. The standard InChI is InChI=1S/C45H84O14/c1-3-5-7-9-11-13-15-16-17-19-21-23-25-27-29-54-31-34(57-37(47)28-26-24-22-20-18-14-12-10-8-6-4-2)32-55-44-43(53)41(51)39(49)36(59-44)33-56-45-42(52)40(50)38(48)35(30-46)58-45/h13,15,34-36,38-46,48-53H,3-12,14,16-33H2,1-2H3/b15-13-. The van der Waals surface area contributed by atoms with E-state index in [1.807, 2.05) is 0 Å². The molecule has 7 N–H and O–H groups in total. The molecule has 14 heteroatoms. The Labute approximate surface area is 354 Å². The van der Waals surface area contributed by atoms with E-state index < -0.39 is 80.7 Å². The molecule has 59 heavy (non-hydrogen) atoms. The number of aliphatic hydroxyl groups is 7. The Balaban J connectivity index is 1.81. The van der Waals surface area contributed by atoms with Crippen LogP contribution in [0.2, 0.25) is 0 Å². The smallest absolute Gasteiger partial charge is 0.306 e. The fourth-order valence-corrected chi connectivity index (χ4v) is 7.40. The number of carbonyl (C=O) groups is 1. The van der Waals surface area contributed by atoms with E-state index in [0.29, 0.717) is 13.0 Å². The minimum Gasteiger partial charge on any atom is -0.457 e. The minimum atomic E-state index is -1.70. The van der Waals surface area contributed by atoms with E-state index in [0.717, 1.165) is 44.9 Å². The Morgan fingerprint density at radius 3 is 1.56 bits per heavy atom. The van der Waals surface area contributed by atoms with Gasteiger partial charge in [-0.2, -0.15) is 0 Å². The highest BCUT2D eigenvalue weighted by Gasteiger charge is 2.47. The number of rotatable bonds is 36. The summed E-state index contributed by atoms with van der Waals surface area (Å²) in [5.41, 5.74) is 0. The molecule has 0 radical (unpaired) electrons. The van der Waals surface area contributed by atoms with Gasteiger partial charge in [0.1, 0.15) is 54.9 Å². The molecule has 11 atom stereocenters. The van der Waals surface area contributed by atoms with Crippen LogP contribution in [0.1, 0.15) is 168 Å². The summed E-state index contributed by atoms with van der Waals surface area (Å²) >= 11 is 0. The molecule has 348 valence electrons.